The van der Waals surface area contributed by atoms with Crippen LogP contribution in [0.3, 0.4) is 0 Å². The third-order valence-corrected chi connectivity index (χ3v) is 2.91. The Morgan fingerprint density at radius 1 is 1.20 bits per heavy atom. The maximum atomic E-state index is 10.7. The van der Waals surface area contributed by atoms with Gasteiger partial charge in [0.05, 0.1) is 0 Å². The Bertz CT molecular complexity index is 445. The predicted molar refractivity (Wildman–Crippen MR) is 80.8 cm³/mol. The topological polar surface area (TPSA) is 54.4 Å². The SMILES string of the molecule is CCC(S)S.Cc1ccccc1.O=S(=O)(O)C(F)(F)F. The quantitative estimate of drug-likeness (QED) is 0.311. The minimum atomic E-state index is -5.84. The molecule has 0 heterocycles. The minimum Gasteiger partial charge on any atom is -0.279 e. The van der Waals surface area contributed by atoms with E-state index in [-0.39, 0.29) is 4.58 Å². The number of benzene rings is 1. The van der Waals surface area contributed by atoms with Crippen LogP contribution in [0.15, 0.2) is 30.3 Å². The third-order valence-electron chi connectivity index (χ3n) is 1.60. The highest BCUT2D eigenvalue weighted by Crippen LogP contribution is 2.20. The number of halogens is 3. The molecule has 1 N–H and O–H groups in total. The van der Waals surface area contributed by atoms with Gasteiger partial charge in [0.15, 0.2) is 0 Å². The highest BCUT2D eigenvalue weighted by Gasteiger charge is 2.44. The van der Waals surface area contributed by atoms with Crippen molar-refractivity contribution in [1.82, 2.24) is 0 Å². The van der Waals surface area contributed by atoms with Crippen molar-refractivity contribution >= 4 is 35.4 Å². The van der Waals surface area contributed by atoms with Gasteiger partial charge in [-0.2, -0.15) is 46.8 Å². The van der Waals surface area contributed by atoms with Gasteiger partial charge in [-0.05, 0) is 13.3 Å². The van der Waals surface area contributed by atoms with Crippen molar-refractivity contribution < 1.29 is 26.1 Å². The summed E-state index contributed by atoms with van der Waals surface area (Å²) in [5, 5.41) is 0. The molecule has 0 aliphatic heterocycles. The number of aryl methyl sites for hydroxylation is 1. The summed E-state index contributed by atoms with van der Waals surface area (Å²) in [4.78, 5) is 0. The average molecular weight is 350 g/mol. The normalized spacial score (nSPS) is 11.1. The van der Waals surface area contributed by atoms with Crippen LogP contribution in [-0.4, -0.2) is 23.1 Å². The fourth-order valence-corrected chi connectivity index (χ4v) is 0.534. The van der Waals surface area contributed by atoms with E-state index in [2.05, 4.69) is 44.3 Å². The van der Waals surface area contributed by atoms with Crippen molar-refractivity contribution in [1.29, 1.82) is 0 Å². The lowest BCUT2D eigenvalue weighted by Gasteiger charge is -1.97. The molecule has 0 amide bonds. The summed E-state index contributed by atoms with van der Waals surface area (Å²) in [5.41, 5.74) is -4.21. The molecule has 9 heteroatoms. The van der Waals surface area contributed by atoms with Crippen LogP contribution in [-0.2, 0) is 10.1 Å². The Morgan fingerprint density at radius 3 is 1.60 bits per heavy atom. The van der Waals surface area contributed by atoms with Crippen molar-refractivity contribution in [3.05, 3.63) is 35.9 Å². The van der Waals surface area contributed by atoms with Gasteiger partial charge in [-0.25, -0.2) is 0 Å². The van der Waals surface area contributed by atoms with Gasteiger partial charge in [-0.3, -0.25) is 4.55 Å². The molecule has 0 fully saturated rings. The van der Waals surface area contributed by atoms with E-state index in [0.717, 1.165) is 6.42 Å². The molecule has 0 aliphatic carbocycles. The first-order valence-electron chi connectivity index (χ1n) is 5.33. The highest BCUT2D eigenvalue weighted by molar-refractivity contribution is 7.99. The van der Waals surface area contributed by atoms with Crippen LogP contribution >= 0.6 is 25.3 Å². The first-order chi connectivity index (χ1) is 8.91. The van der Waals surface area contributed by atoms with Crippen molar-refractivity contribution in [2.75, 3.05) is 0 Å². The molecule has 0 bridgehead atoms. The second-order valence-electron chi connectivity index (χ2n) is 3.46. The van der Waals surface area contributed by atoms with Crippen LogP contribution in [0.1, 0.15) is 18.9 Å². The lowest BCUT2D eigenvalue weighted by Crippen LogP contribution is -2.21. The van der Waals surface area contributed by atoms with Crippen molar-refractivity contribution in [2.45, 2.75) is 30.4 Å². The molecular weight excluding hydrogens is 333 g/mol. The van der Waals surface area contributed by atoms with Crippen LogP contribution in [0.25, 0.3) is 0 Å². The summed E-state index contributed by atoms with van der Waals surface area (Å²) in [7, 11) is -5.84. The van der Waals surface area contributed by atoms with Crippen molar-refractivity contribution in [3.63, 3.8) is 0 Å². The minimum absolute atomic E-state index is 0.273. The van der Waals surface area contributed by atoms with Gasteiger partial charge in [0, 0.05) is 4.58 Å². The molecule has 0 aliphatic rings. The number of thiol groups is 2. The van der Waals surface area contributed by atoms with Crippen LogP contribution in [0, 0.1) is 6.92 Å². The summed E-state index contributed by atoms with van der Waals surface area (Å²) >= 11 is 7.92. The Labute approximate surface area is 128 Å². The number of hydrogen-bond donors (Lipinski definition) is 3. The van der Waals surface area contributed by atoms with Gasteiger partial charge in [-0.15, -0.1) is 0 Å². The van der Waals surface area contributed by atoms with Crippen LogP contribution < -0.4 is 0 Å². The molecule has 1 aromatic carbocycles. The number of hydrogen-bond acceptors (Lipinski definition) is 4. The van der Waals surface area contributed by atoms with E-state index in [0.29, 0.717) is 0 Å². The smallest absolute Gasteiger partial charge is 0.279 e. The zero-order valence-corrected chi connectivity index (χ0v) is 13.5. The highest BCUT2D eigenvalue weighted by atomic mass is 32.2. The number of rotatable bonds is 1. The molecule has 118 valence electrons. The molecule has 0 saturated carbocycles. The molecule has 0 atom stereocenters. The Hall–Kier alpha value is -0.380. The molecule has 0 spiro atoms. The van der Waals surface area contributed by atoms with E-state index >= 15 is 0 Å². The molecule has 1 rings (SSSR count). The number of alkyl halides is 3. The molecule has 20 heavy (non-hydrogen) atoms. The second kappa shape index (κ2) is 10.4. The zero-order valence-electron chi connectivity index (χ0n) is 10.9. The van der Waals surface area contributed by atoms with E-state index < -0.39 is 15.6 Å². The van der Waals surface area contributed by atoms with Gasteiger partial charge in [0.2, 0.25) is 0 Å². The summed E-state index contributed by atoms with van der Waals surface area (Å²) in [6.45, 7) is 4.13. The van der Waals surface area contributed by atoms with E-state index in [1.807, 2.05) is 25.1 Å². The van der Waals surface area contributed by atoms with Gasteiger partial charge in [-0.1, -0.05) is 42.8 Å². The summed E-state index contributed by atoms with van der Waals surface area (Å²) in [6, 6.07) is 10.3. The van der Waals surface area contributed by atoms with Gasteiger partial charge in [0.1, 0.15) is 0 Å². The fourth-order valence-electron chi connectivity index (χ4n) is 0.534. The van der Waals surface area contributed by atoms with Crippen LogP contribution in [0.5, 0.6) is 0 Å². The molecule has 0 aromatic heterocycles. The zero-order chi connectivity index (χ0) is 16.4. The van der Waals surface area contributed by atoms with Gasteiger partial charge >= 0.3 is 15.6 Å². The monoisotopic (exact) mass is 350 g/mol. The lowest BCUT2D eigenvalue weighted by molar-refractivity contribution is -0.0510. The average Bonchev–Trinajstić information content (AvgIpc) is 2.29. The van der Waals surface area contributed by atoms with Crippen molar-refractivity contribution in [3.8, 4) is 0 Å². The van der Waals surface area contributed by atoms with Gasteiger partial charge in [0.25, 0.3) is 0 Å². The Morgan fingerprint density at radius 2 is 1.50 bits per heavy atom. The third kappa shape index (κ3) is 14.0. The lowest BCUT2D eigenvalue weighted by atomic mass is 10.2. The van der Waals surface area contributed by atoms with E-state index in [1.165, 1.54) is 5.56 Å². The van der Waals surface area contributed by atoms with E-state index in [9.17, 15) is 13.2 Å². The van der Waals surface area contributed by atoms with Crippen LogP contribution in [0.4, 0.5) is 13.2 Å². The molecule has 1 aromatic rings. The summed E-state index contributed by atoms with van der Waals surface area (Å²) in [6.07, 6.45) is 1.03. The largest absolute Gasteiger partial charge is 0.522 e. The van der Waals surface area contributed by atoms with E-state index in [4.69, 9.17) is 13.0 Å². The maximum Gasteiger partial charge on any atom is 0.522 e. The maximum absolute atomic E-state index is 10.7. The Kier molecular flexibility index (Phi) is 11.4. The summed E-state index contributed by atoms with van der Waals surface area (Å²) < 4.78 is 57.8. The molecule has 3 nitrogen and oxygen atoms in total. The molecule has 0 unspecified atom stereocenters. The van der Waals surface area contributed by atoms with E-state index in [1.54, 1.807) is 0 Å². The second-order valence-corrected chi connectivity index (χ2v) is 6.53. The standard InChI is InChI=1S/C7H8.C3H8S2.CHF3O3S/c1-7-5-3-2-4-6-7;1-2-3(4)5;2-1(3,4)8(5,6)7/h2-6H,1H3;3-5H,2H2,1H3;(H,5,6,7). The molecule has 0 saturated heterocycles. The predicted octanol–water partition coefficient (Wildman–Crippen LogP) is 3.97. The van der Waals surface area contributed by atoms with Crippen LogP contribution in [0.2, 0.25) is 0 Å². The Balaban J connectivity index is 0. The summed E-state index contributed by atoms with van der Waals surface area (Å²) in [5.74, 6) is 0. The fraction of sp³-hybridized carbons (Fsp3) is 0.455. The first-order valence-corrected chi connectivity index (χ1v) is 7.80. The molecular formula is C11H17F3O3S3. The first kappa shape index (κ1) is 21.9. The van der Waals surface area contributed by atoms with Crippen molar-refractivity contribution in [2.24, 2.45) is 0 Å². The van der Waals surface area contributed by atoms with Gasteiger partial charge < -0.3 is 0 Å². The molecule has 0 radical (unpaired) electrons.